The first-order valence-corrected chi connectivity index (χ1v) is 22.2. The third kappa shape index (κ3) is 13.9. The fourth-order valence-electron chi connectivity index (χ4n) is 7.42. The molecular formula is C43H62FN15O7. The number of nitrogen functional groups attached to an aromatic ring is 2. The Kier molecular flexibility index (Phi) is 18.5. The van der Waals surface area contributed by atoms with Crippen LogP contribution in [0.2, 0.25) is 0 Å². The van der Waals surface area contributed by atoms with E-state index in [1.165, 1.54) is 4.90 Å². The molecule has 3 aliphatic rings. The number of nitrogens with one attached hydrogen (secondary N) is 2. The van der Waals surface area contributed by atoms with Crippen molar-refractivity contribution in [3.05, 3.63) is 63.5 Å². The number of nitro groups is 1. The summed E-state index contributed by atoms with van der Waals surface area (Å²) in [6, 6.07) is 7.74. The van der Waals surface area contributed by atoms with Gasteiger partial charge in [-0.05, 0) is 55.2 Å². The van der Waals surface area contributed by atoms with Crippen LogP contribution in [0, 0.1) is 10.1 Å². The zero-order chi connectivity index (χ0) is 48.1. The third-order valence-electron chi connectivity index (χ3n) is 10.7. The van der Waals surface area contributed by atoms with Crippen molar-refractivity contribution in [2.24, 2.45) is 0 Å². The van der Waals surface area contributed by atoms with E-state index in [0.717, 1.165) is 79.5 Å². The molecule has 0 aliphatic carbocycles. The molecule has 0 atom stereocenters. The Labute approximate surface area is 384 Å². The van der Waals surface area contributed by atoms with Gasteiger partial charge in [-0.3, -0.25) is 24.4 Å². The maximum atomic E-state index is 12.4. The van der Waals surface area contributed by atoms with E-state index >= 15 is 0 Å². The lowest BCUT2D eigenvalue weighted by atomic mass is 10.0. The van der Waals surface area contributed by atoms with E-state index in [-0.39, 0.29) is 49.5 Å². The summed E-state index contributed by atoms with van der Waals surface area (Å²) in [5.41, 5.74) is 14.3. The van der Waals surface area contributed by atoms with Crippen LogP contribution < -0.4 is 41.7 Å². The number of fused-ring (bicyclic) bond motifs is 1. The van der Waals surface area contributed by atoms with Crippen LogP contribution in [0.1, 0.15) is 63.1 Å². The summed E-state index contributed by atoms with van der Waals surface area (Å²) in [5.74, 6) is 2.73. The molecule has 0 radical (unpaired) electrons. The number of hydrogen-bond donors (Lipinski definition) is 4. The predicted molar refractivity (Wildman–Crippen MR) is 251 cm³/mol. The van der Waals surface area contributed by atoms with Crippen LogP contribution in [0.3, 0.4) is 0 Å². The number of hydrogen-bond acceptors (Lipinski definition) is 21. The van der Waals surface area contributed by atoms with E-state index < -0.39 is 16.6 Å². The summed E-state index contributed by atoms with van der Waals surface area (Å²) < 4.78 is 29.0. The normalized spacial score (nSPS) is 14.7. The Hall–Kier alpha value is -6.75. The maximum Gasteiger partial charge on any atom is 0.353 e. The second-order valence-corrected chi connectivity index (χ2v) is 15.6. The number of carbonyl (C=O) groups excluding carboxylic acids is 2. The quantitative estimate of drug-likeness (QED) is 0.0451. The molecule has 0 bridgehead atoms. The first-order chi connectivity index (χ1) is 32.6. The fourth-order valence-corrected chi connectivity index (χ4v) is 7.42. The molecule has 22 nitrogen and oxygen atoms in total. The molecule has 358 valence electrons. The smallest absolute Gasteiger partial charge is 0.353 e. The van der Waals surface area contributed by atoms with Crippen molar-refractivity contribution in [1.29, 1.82) is 1.45 Å². The highest BCUT2D eigenvalue weighted by atomic mass is 19.0. The van der Waals surface area contributed by atoms with E-state index in [9.17, 15) is 19.7 Å². The molecule has 0 spiro atoms. The Balaban J connectivity index is 0.000000244. The van der Waals surface area contributed by atoms with Crippen LogP contribution in [-0.4, -0.2) is 133 Å². The molecule has 2 fully saturated rings. The number of pyridine rings is 2. The number of Topliss-reactive ketones (excluding diaryl/α,β-unsaturated/α-hetero) is 1. The molecule has 66 heavy (non-hydrogen) atoms. The summed E-state index contributed by atoms with van der Waals surface area (Å²) in [6.07, 6.45) is 7.70. The van der Waals surface area contributed by atoms with Crippen LogP contribution in [0.25, 0.3) is 0 Å². The molecule has 4 aromatic rings. The number of unbranched alkanes of at least 4 members (excludes halogenated alkanes) is 2. The van der Waals surface area contributed by atoms with Crippen molar-refractivity contribution in [3.8, 4) is 0 Å². The third-order valence-corrected chi connectivity index (χ3v) is 10.7. The molecule has 0 saturated carbocycles. The Morgan fingerprint density at radius 2 is 1.44 bits per heavy atom. The number of halogens is 1. The number of esters is 1. The van der Waals surface area contributed by atoms with E-state index in [1.807, 2.05) is 30.2 Å². The molecule has 0 unspecified atom stereocenters. The van der Waals surface area contributed by atoms with Gasteiger partial charge in [-0.15, -0.1) is 0 Å². The van der Waals surface area contributed by atoms with E-state index in [4.69, 9.17) is 35.4 Å². The van der Waals surface area contributed by atoms with Crippen LogP contribution in [0.4, 0.5) is 57.2 Å². The molecule has 23 heteroatoms. The maximum absolute atomic E-state index is 12.4. The van der Waals surface area contributed by atoms with Gasteiger partial charge in [-0.1, -0.05) is 26.7 Å². The van der Waals surface area contributed by atoms with Crippen molar-refractivity contribution >= 4 is 64.2 Å². The number of anilines is 8. The molecule has 7 rings (SSSR count). The summed E-state index contributed by atoms with van der Waals surface area (Å²) >= 11 is 0. The first kappa shape index (κ1) is 48.7. The van der Waals surface area contributed by atoms with E-state index in [2.05, 4.69) is 59.8 Å². The summed E-state index contributed by atoms with van der Waals surface area (Å²) in [6.45, 7) is 13.9. The van der Waals surface area contributed by atoms with Gasteiger partial charge in [-0.25, -0.2) is 9.97 Å². The van der Waals surface area contributed by atoms with Crippen molar-refractivity contribution in [2.75, 3.05) is 127 Å². The van der Waals surface area contributed by atoms with Gasteiger partial charge < -0.3 is 55.9 Å². The van der Waals surface area contributed by atoms with E-state index in [0.29, 0.717) is 70.9 Å². The number of ether oxygens (including phenoxy) is 3. The molecule has 2 saturated heterocycles. The van der Waals surface area contributed by atoms with Crippen molar-refractivity contribution < 1.29 is 33.4 Å². The minimum atomic E-state index is -0.635. The largest absolute Gasteiger partial charge is 0.465 e. The minimum absolute atomic E-state index is 0.0562. The SMILES string of the molecule is CCCCNc1nc(N)c([N+](=O)[O-])c(N(CC(=O)OCC)Cc2ccnc(N3CCOCC3)c2)n1.CCCCNc1nc(N)c2c(n1)N(Cc1ccnc(N3CCOCC3)c1)CC(=O)C2.[2H]F. The van der Waals surface area contributed by atoms with Crippen molar-refractivity contribution in [1.82, 2.24) is 29.9 Å². The number of carbonyl (C=O) groups is 2. The summed E-state index contributed by atoms with van der Waals surface area (Å²) in [7, 11) is 0. The van der Waals surface area contributed by atoms with Gasteiger partial charge >= 0.3 is 11.7 Å². The number of morpholine rings is 2. The molecule has 4 aromatic heterocycles. The van der Waals surface area contributed by atoms with Gasteiger partial charge in [0.25, 0.3) is 1.45 Å². The van der Waals surface area contributed by atoms with Crippen molar-refractivity contribution in [2.45, 2.75) is 66.0 Å². The van der Waals surface area contributed by atoms with Crippen LogP contribution in [0.5, 0.6) is 0 Å². The van der Waals surface area contributed by atoms with Gasteiger partial charge in [0.15, 0.2) is 5.78 Å². The molecular weight excluding hydrogens is 858 g/mol. The van der Waals surface area contributed by atoms with Crippen LogP contribution in [-0.2, 0) is 43.3 Å². The topological polar surface area (TPSA) is 271 Å². The van der Waals surface area contributed by atoms with Gasteiger partial charge in [0.2, 0.25) is 23.5 Å². The monoisotopic (exact) mass is 921 g/mol. The molecule has 0 amide bonds. The Morgan fingerprint density at radius 3 is 2.02 bits per heavy atom. The average molecular weight is 921 g/mol. The van der Waals surface area contributed by atoms with Gasteiger partial charge in [0.05, 0.1) is 44.5 Å². The number of nitrogens with zero attached hydrogens (tertiary/aromatic N) is 11. The highest BCUT2D eigenvalue weighted by Crippen LogP contribution is 2.34. The minimum Gasteiger partial charge on any atom is -0.465 e. The van der Waals surface area contributed by atoms with Gasteiger partial charge in [0.1, 0.15) is 29.8 Å². The van der Waals surface area contributed by atoms with Gasteiger partial charge in [-0.2, -0.15) is 19.9 Å². The second kappa shape index (κ2) is 25.1. The lowest BCUT2D eigenvalue weighted by Gasteiger charge is -2.31. The Morgan fingerprint density at radius 1 is 0.879 bits per heavy atom. The number of aromatic nitrogens is 6. The van der Waals surface area contributed by atoms with Gasteiger partial charge in [0, 0.05) is 76.7 Å². The Bertz CT molecular complexity index is 2240. The number of ketones is 1. The van der Waals surface area contributed by atoms with E-state index in [1.54, 1.807) is 19.2 Å². The zero-order valence-corrected chi connectivity index (χ0v) is 37.9. The highest BCUT2D eigenvalue weighted by molar-refractivity contribution is 5.91. The predicted octanol–water partition coefficient (Wildman–Crippen LogP) is 3.77. The van der Waals surface area contributed by atoms with Crippen LogP contribution in [0.15, 0.2) is 36.7 Å². The van der Waals surface area contributed by atoms with Crippen LogP contribution >= 0.6 is 0 Å². The molecule has 0 aromatic carbocycles. The number of rotatable bonds is 19. The first-order valence-electron chi connectivity index (χ1n) is 22.6. The average Bonchev–Trinajstić information content (AvgIpc) is 3.33. The zero-order valence-electron chi connectivity index (χ0n) is 38.9. The summed E-state index contributed by atoms with van der Waals surface area (Å²) in [4.78, 5) is 70.3. The number of nitrogens with two attached hydrogens (primary N) is 2. The molecule has 7 heterocycles. The second-order valence-electron chi connectivity index (χ2n) is 15.6. The summed E-state index contributed by atoms with van der Waals surface area (Å²) in [5, 5.41) is 18.2. The standard InChI is InChI=1S/C22H32N8O5.C21H29N7O2.FH/c1-3-5-7-25-22-26-20(23)19(30(32)33)21(27-22)29(15-18(31)35-4-2)14-16-6-8-24-17(13-16)28-9-11-34-12-10-28;1-2-3-5-24-21-25-19(22)17-12-16(29)14-28(20(17)26-21)13-15-4-6-23-18(11-15)27-7-9-30-10-8-27;/h6,8,13H,3-5,7,9-12,14-15H2,1-2H3,(H3,23,25,26,27);4,6,11H,2-3,5,7-10,12-14H2,1H3,(H3,22,24,25,26);1H/i/hD. The lowest BCUT2D eigenvalue weighted by Crippen LogP contribution is -2.38. The molecule has 3 aliphatic heterocycles. The molecule has 6 N–H and O–H groups in total. The fraction of sp³-hybridized carbons (Fsp3) is 0.535. The lowest BCUT2D eigenvalue weighted by molar-refractivity contribution is -0.383. The highest BCUT2D eigenvalue weighted by Gasteiger charge is 2.30. The van der Waals surface area contributed by atoms with Crippen molar-refractivity contribution in [3.63, 3.8) is 0 Å².